The average molecular weight is 305 g/mol. The summed E-state index contributed by atoms with van der Waals surface area (Å²) in [5.41, 5.74) is 0. The third-order valence-electron chi connectivity index (χ3n) is 4.44. The van der Waals surface area contributed by atoms with Gasteiger partial charge in [0.2, 0.25) is 5.91 Å². The van der Waals surface area contributed by atoms with Gasteiger partial charge >= 0.3 is 0 Å². The van der Waals surface area contributed by atoms with Crippen LogP contribution in [0.1, 0.15) is 38.5 Å². The van der Waals surface area contributed by atoms with Gasteiger partial charge in [0.15, 0.2) is 0 Å². The van der Waals surface area contributed by atoms with Crippen molar-refractivity contribution in [3.05, 3.63) is 0 Å². The molecule has 0 aromatic rings. The summed E-state index contributed by atoms with van der Waals surface area (Å²) in [6.07, 6.45) is 6.58. The molecule has 0 radical (unpaired) electrons. The molecule has 20 heavy (non-hydrogen) atoms. The topological polar surface area (TPSA) is 41.6 Å². The van der Waals surface area contributed by atoms with E-state index in [4.69, 9.17) is 4.74 Å². The summed E-state index contributed by atoms with van der Waals surface area (Å²) in [5, 5.41) is 3.37. The van der Waals surface area contributed by atoms with Crippen LogP contribution in [-0.2, 0) is 9.53 Å². The smallest absolute Gasteiger partial charge is 0.222 e. The zero-order chi connectivity index (χ0) is 13.5. The monoisotopic (exact) mass is 304 g/mol. The van der Waals surface area contributed by atoms with E-state index < -0.39 is 0 Å². The van der Waals surface area contributed by atoms with Crippen molar-refractivity contribution < 1.29 is 9.53 Å². The highest BCUT2D eigenvalue weighted by Crippen LogP contribution is 2.19. The molecule has 2 aliphatic heterocycles. The molecule has 1 unspecified atom stereocenters. The second kappa shape index (κ2) is 9.59. The minimum Gasteiger partial charge on any atom is -0.381 e. The van der Waals surface area contributed by atoms with E-state index in [1.807, 2.05) is 11.9 Å². The highest BCUT2D eigenvalue weighted by molar-refractivity contribution is 5.85. The van der Waals surface area contributed by atoms with Crippen LogP contribution < -0.4 is 5.32 Å². The first-order chi connectivity index (χ1) is 9.25. The Labute approximate surface area is 129 Å². The maximum absolute atomic E-state index is 12.1. The van der Waals surface area contributed by atoms with Gasteiger partial charge in [0.25, 0.3) is 0 Å². The number of carbonyl (C=O) groups excluding carboxylic acids is 1. The molecule has 1 amide bonds. The normalized spacial score (nSPS) is 23.9. The van der Waals surface area contributed by atoms with Crippen LogP contribution in [0, 0.1) is 11.8 Å². The zero-order valence-corrected chi connectivity index (χ0v) is 13.4. The van der Waals surface area contributed by atoms with Gasteiger partial charge in [-0.1, -0.05) is 0 Å². The zero-order valence-electron chi connectivity index (χ0n) is 12.6. The Morgan fingerprint density at radius 1 is 1.25 bits per heavy atom. The number of halogens is 1. The van der Waals surface area contributed by atoms with Gasteiger partial charge in [0.1, 0.15) is 0 Å². The lowest BCUT2D eigenvalue weighted by Crippen LogP contribution is -2.35. The van der Waals surface area contributed by atoms with Gasteiger partial charge in [-0.3, -0.25) is 4.79 Å². The molecule has 5 heteroatoms. The number of rotatable bonds is 5. The number of carbonyl (C=O) groups is 1. The number of hydrogen-bond donors (Lipinski definition) is 1. The molecule has 2 aliphatic rings. The molecule has 2 saturated heterocycles. The van der Waals surface area contributed by atoms with Crippen LogP contribution in [0.25, 0.3) is 0 Å². The molecular formula is C15H29ClN2O2. The van der Waals surface area contributed by atoms with Crippen LogP contribution in [0.3, 0.4) is 0 Å². The standard InChI is InChI=1S/C15H28N2O2.ClH/c1-17(11-14-3-2-10-19-12-14)15(18)5-4-13-6-8-16-9-7-13;/h13-14,16H,2-12H2,1H3;1H. The van der Waals surface area contributed by atoms with E-state index in [-0.39, 0.29) is 12.4 Å². The van der Waals surface area contributed by atoms with Gasteiger partial charge < -0.3 is 15.0 Å². The minimum absolute atomic E-state index is 0. The number of ether oxygens (including phenoxy) is 1. The van der Waals surface area contributed by atoms with Gasteiger partial charge in [-0.2, -0.15) is 0 Å². The molecule has 2 heterocycles. The van der Waals surface area contributed by atoms with Gasteiger partial charge in [0.05, 0.1) is 6.61 Å². The fourth-order valence-electron chi connectivity index (χ4n) is 3.13. The lowest BCUT2D eigenvalue weighted by atomic mass is 9.93. The Morgan fingerprint density at radius 2 is 2.00 bits per heavy atom. The fourth-order valence-corrected chi connectivity index (χ4v) is 3.13. The molecule has 118 valence electrons. The molecule has 0 aromatic carbocycles. The van der Waals surface area contributed by atoms with Crippen LogP contribution >= 0.6 is 12.4 Å². The fraction of sp³-hybridized carbons (Fsp3) is 0.933. The van der Waals surface area contributed by atoms with E-state index in [0.717, 1.165) is 58.0 Å². The van der Waals surface area contributed by atoms with Gasteiger partial charge in [-0.25, -0.2) is 0 Å². The number of nitrogens with one attached hydrogen (secondary N) is 1. The SMILES string of the molecule is CN(CC1CCCOC1)C(=O)CCC1CCNCC1.Cl. The van der Waals surface area contributed by atoms with Crippen LogP contribution in [-0.4, -0.2) is 50.7 Å². The average Bonchev–Trinajstić information content (AvgIpc) is 2.47. The lowest BCUT2D eigenvalue weighted by Gasteiger charge is -2.28. The van der Waals surface area contributed by atoms with Crippen LogP contribution in [0.15, 0.2) is 0 Å². The second-order valence-corrected chi connectivity index (χ2v) is 6.09. The molecule has 2 rings (SSSR count). The number of nitrogens with zero attached hydrogens (tertiary/aromatic N) is 1. The summed E-state index contributed by atoms with van der Waals surface area (Å²) in [6.45, 7) is 4.82. The summed E-state index contributed by atoms with van der Waals surface area (Å²) >= 11 is 0. The summed E-state index contributed by atoms with van der Waals surface area (Å²) in [6, 6.07) is 0. The molecule has 0 spiro atoms. The van der Waals surface area contributed by atoms with Crippen LogP contribution in [0.2, 0.25) is 0 Å². The molecule has 1 atom stereocenters. The molecule has 0 aromatic heterocycles. The Bertz CT molecular complexity index is 277. The summed E-state index contributed by atoms with van der Waals surface area (Å²) in [5.74, 6) is 1.60. The number of hydrogen-bond acceptors (Lipinski definition) is 3. The van der Waals surface area contributed by atoms with Gasteiger partial charge in [-0.15, -0.1) is 12.4 Å². The van der Waals surface area contributed by atoms with E-state index in [9.17, 15) is 4.79 Å². The number of piperidine rings is 1. The first-order valence-electron chi connectivity index (χ1n) is 7.78. The maximum Gasteiger partial charge on any atom is 0.222 e. The van der Waals surface area contributed by atoms with Crippen LogP contribution in [0.5, 0.6) is 0 Å². The Morgan fingerprint density at radius 3 is 2.65 bits per heavy atom. The minimum atomic E-state index is 0. The summed E-state index contributed by atoms with van der Waals surface area (Å²) < 4.78 is 5.47. The van der Waals surface area contributed by atoms with Crippen molar-refractivity contribution >= 4 is 18.3 Å². The lowest BCUT2D eigenvalue weighted by molar-refractivity contribution is -0.131. The van der Waals surface area contributed by atoms with Crippen molar-refractivity contribution in [2.75, 3.05) is 39.9 Å². The van der Waals surface area contributed by atoms with Gasteiger partial charge in [-0.05, 0) is 57.0 Å². The van der Waals surface area contributed by atoms with Crippen molar-refractivity contribution in [3.63, 3.8) is 0 Å². The van der Waals surface area contributed by atoms with E-state index in [0.29, 0.717) is 11.8 Å². The van der Waals surface area contributed by atoms with Crippen molar-refractivity contribution in [2.45, 2.75) is 38.5 Å². The molecule has 1 N–H and O–H groups in total. The van der Waals surface area contributed by atoms with Crippen molar-refractivity contribution in [2.24, 2.45) is 11.8 Å². The van der Waals surface area contributed by atoms with Crippen molar-refractivity contribution in [3.8, 4) is 0 Å². The first-order valence-corrected chi connectivity index (χ1v) is 7.78. The predicted octanol–water partition coefficient (Wildman–Crippen LogP) is 2.07. The van der Waals surface area contributed by atoms with Crippen molar-refractivity contribution in [1.82, 2.24) is 10.2 Å². The molecule has 2 fully saturated rings. The van der Waals surface area contributed by atoms with Crippen molar-refractivity contribution in [1.29, 1.82) is 0 Å². The Balaban J connectivity index is 0.00000200. The second-order valence-electron chi connectivity index (χ2n) is 6.09. The highest BCUT2D eigenvalue weighted by Gasteiger charge is 2.20. The summed E-state index contributed by atoms with van der Waals surface area (Å²) in [7, 11) is 1.94. The third-order valence-corrected chi connectivity index (χ3v) is 4.44. The van der Waals surface area contributed by atoms with E-state index in [1.165, 1.54) is 19.3 Å². The maximum atomic E-state index is 12.1. The van der Waals surface area contributed by atoms with E-state index in [1.54, 1.807) is 0 Å². The first kappa shape index (κ1) is 17.7. The quantitative estimate of drug-likeness (QED) is 0.845. The third kappa shape index (κ3) is 5.98. The highest BCUT2D eigenvalue weighted by atomic mass is 35.5. The molecular weight excluding hydrogens is 276 g/mol. The number of amides is 1. The van der Waals surface area contributed by atoms with E-state index >= 15 is 0 Å². The summed E-state index contributed by atoms with van der Waals surface area (Å²) in [4.78, 5) is 14.0. The molecule has 4 nitrogen and oxygen atoms in total. The van der Waals surface area contributed by atoms with Crippen LogP contribution in [0.4, 0.5) is 0 Å². The largest absolute Gasteiger partial charge is 0.381 e. The van der Waals surface area contributed by atoms with Gasteiger partial charge in [0, 0.05) is 26.6 Å². The Kier molecular flexibility index (Phi) is 8.50. The predicted molar refractivity (Wildman–Crippen MR) is 83.3 cm³/mol. The molecule has 0 aliphatic carbocycles. The Hall–Kier alpha value is -0.320. The van der Waals surface area contributed by atoms with E-state index in [2.05, 4.69) is 5.32 Å². The molecule has 0 saturated carbocycles. The molecule has 0 bridgehead atoms.